The van der Waals surface area contributed by atoms with E-state index in [0.29, 0.717) is 27.1 Å². The lowest BCUT2D eigenvalue weighted by molar-refractivity contribution is -0.274. The topological polar surface area (TPSA) is 110 Å². The summed E-state index contributed by atoms with van der Waals surface area (Å²) in [6.07, 6.45) is -4.37. The summed E-state index contributed by atoms with van der Waals surface area (Å²) < 4.78 is 82.4. The van der Waals surface area contributed by atoms with E-state index < -0.39 is 36.8 Å². The number of benzene rings is 1. The average Bonchev–Trinajstić information content (AvgIpc) is 3.24. The number of primary amides is 1. The zero-order valence-corrected chi connectivity index (χ0v) is 18.9. The van der Waals surface area contributed by atoms with Crippen LogP contribution in [0, 0.1) is 0 Å². The molecule has 4 rings (SSSR count). The third kappa shape index (κ3) is 5.90. The van der Waals surface area contributed by atoms with Crippen molar-refractivity contribution in [2.75, 3.05) is 11.4 Å². The molecule has 0 saturated carbocycles. The van der Waals surface area contributed by atoms with Gasteiger partial charge >= 0.3 is 12.5 Å². The number of rotatable bonds is 7. The third-order valence-corrected chi connectivity index (χ3v) is 5.38. The summed E-state index contributed by atoms with van der Waals surface area (Å²) in [7, 11) is 0. The number of nitrogens with zero attached hydrogens (tertiary/aromatic N) is 4. The lowest BCUT2D eigenvalue weighted by Gasteiger charge is -2.29. The van der Waals surface area contributed by atoms with Crippen molar-refractivity contribution in [3.63, 3.8) is 0 Å². The van der Waals surface area contributed by atoms with Crippen molar-refractivity contribution in [1.29, 1.82) is 0 Å². The quantitative estimate of drug-likeness (QED) is 0.335. The SMILES string of the molecule is C[C@H](C(N)=O)N(CC(F)(F)F)c1cncc(-c2c[nH]c3ncc(-c4ccccc4OC(F)(F)F)cc23)n1. The second-order valence-corrected chi connectivity index (χ2v) is 7.95. The van der Waals surface area contributed by atoms with E-state index in [-0.39, 0.29) is 17.1 Å². The Bertz CT molecular complexity index is 1440. The number of H-pyrrole nitrogens is 1. The number of hydrogen-bond acceptors (Lipinski definition) is 6. The molecule has 1 amide bonds. The molecular formula is C23H18F6N6O2. The second kappa shape index (κ2) is 9.59. The predicted octanol–water partition coefficient (Wildman–Crippen LogP) is 4.83. The normalized spacial score (nSPS) is 12.9. The highest BCUT2D eigenvalue weighted by molar-refractivity contribution is 5.95. The van der Waals surface area contributed by atoms with Gasteiger partial charge in [-0.1, -0.05) is 18.2 Å². The van der Waals surface area contributed by atoms with Gasteiger partial charge in [0, 0.05) is 34.5 Å². The van der Waals surface area contributed by atoms with E-state index in [2.05, 4.69) is 24.7 Å². The first-order valence-corrected chi connectivity index (χ1v) is 10.6. The number of pyridine rings is 1. The number of carbonyl (C=O) groups is 1. The van der Waals surface area contributed by atoms with Crippen molar-refractivity contribution in [2.24, 2.45) is 5.73 Å². The maximum Gasteiger partial charge on any atom is 0.573 e. The summed E-state index contributed by atoms with van der Waals surface area (Å²) in [6.45, 7) is -0.282. The van der Waals surface area contributed by atoms with E-state index in [1.165, 1.54) is 43.7 Å². The fourth-order valence-electron chi connectivity index (χ4n) is 3.67. The van der Waals surface area contributed by atoms with Crippen LogP contribution >= 0.6 is 0 Å². The summed E-state index contributed by atoms with van der Waals surface area (Å²) in [5.41, 5.74) is 6.48. The molecule has 1 atom stereocenters. The maximum absolute atomic E-state index is 13.2. The van der Waals surface area contributed by atoms with Gasteiger partial charge in [0.15, 0.2) is 0 Å². The number of hydrogen-bond donors (Lipinski definition) is 2. The van der Waals surface area contributed by atoms with Crippen LogP contribution in [0.2, 0.25) is 0 Å². The molecule has 3 heterocycles. The number of anilines is 1. The molecule has 0 aliphatic carbocycles. The minimum absolute atomic E-state index is 0.118. The number of aromatic amines is 1. The summed E-state index contributed by atoms with van der Waals surface area (Å²) in [5.74, 6) is -1.67. The number of fused-ring (bicyclic) bond motifs is 1. The Morgan fingerprint density at radius 2 is 1.84 bits per heavy atom. The zero-order valence-electron chi connectivity index (χ0n) is 18.9. The van der Waals surface area contributed by atoms with Gasteiger partial charge < -0.3 is 20.4 Å². The Balaban J connectivity index is 1.78. The van der Waals surface area contributed by atoms with Gasteiger partial charge in [0.2, 0.25) is 5.91 Å². The summed E-state index contributed by atoms with van der Waals surface area (Å²) in [5, 5.41) is 0.413. The van der Waals surface area contributed by atoms with Crippen LogP contribution in [0.25, 0.3) is 33.4 Å². The summed E-state index contributed by atoms with van der Waals surface area (Å²) in [6, 6.07) is 5.71. The van der Waals surface area contributed by atoms with Crippen molar-refractivity contribution in [3.8, 4) is 28.1 Å². The van der Waals surface area contributed by atoms with Gasteiger partial charge in [-0.05, 0) is 19.1 Å². The number of nitrogens with one attached hydrogen (secondary N) is 1. The molecule has 0 saturated heterocycles. The van der Waals surface area contributed by atoms with E-state index in [4.69, 9.17) is 5.73 Å². The molecular weight excluding hydrogens is 506 g/mol. The van der Waals surface area contributed by atoms with Gasteiger partial charge in [0.1, 0.15) is 29.8 Å². The molecule has 0 aliphatic heterocycles. The Hall–Kier alpha value is -4.36. The van der Waals surface area contributed by atoms with E-state index in [9.17, 15) is 31.1 Å². The molecule has 0 radical (unpaired) electrons. The Morgan fingerprint density at radius 1 is 1.11 bits per heavy atom. The van der Waals surface area contributed by atoms with Crippen molar-refractivity contribution < 1.29 is 35.9 Å². The largest absolute Gasteiger partial charge is 0.573 e. The van der Waals surface area contributed by atoms with E-state index in [0.717, 1.165) is 12.3 Å². The molecule has 3 aromatic heterocycles. The van der Waals surface area contributed by atoms with Crippen LogP contribution in [0.4, 0.5) is 32.2 Å². The third-order valence-electron chi connectivity index (χ3n) is 5.38. The molecule has 0 spiro atoms. The number of amides is 1. The number of nitrogens with two attached hydrogens (primary N) is 1. The lowest BCUT2D eigenvalue weighted by atomic mass is 10.0. The van der Waals surface area contributed by atoms with Gasteiger partial charge in [-0.2, -0.15) is 13.2 Å². The maximum atomic E-state index is 13.2. The Labute approximate surface area is 205 Å². The predicted molar refractivity (Wildman–Crippen MR) is 121 cm³/mol. The minimum Gasteiger partial charge on any atom is -0.405 e. The fraction of sp³-hybridized carbons (Fsp3) is 0.217. The van der Waals surface area contributed by atoms with Gasteiger partial charge in [0.05, 0.1) is 18.1 Å². The number of para-hydroxylation sites is 1. The van der Waals surface area contributed by atoms with Crippen molar-refractivity contribution >= 4 is 22.8 Å². The van der Waals surface area contributed by atoms with Crippen molar-refractivity contribution in [1.82, 2.24) is 19.9 Å². The van der Waals surface area contributed by atoms with Crippen LogP contribution < -0.4 is 15.4 Å². The minimum atomic E-state index is -4.91. The summed E-state index contributed by atoms with van der Waals surface area (Å²) in [4.78, 5) is 27.7. The molecule has 0 aliphatic rings. The van der Waals surface area contributed by atoms with Crippen molar-refractivity contribution in [2.45, 2.75) is 25.5 Å². The lowest BCUT2D eigenvalue weighted by Crippen LogP contribution is -2.47. The van der Waals surface area contributed by atoms with Crippen LogP contribution in [0.5, 0.6) is 5.75 Å². The standard InChI is InChI=1S/C23H18F6N6O2/c1-12(20(30)36)35(11-22(24,25)26)19-10-31-9-17(34-19)16-8-33-21-15(16)6-13(7-32-21)14-4-2-3-5-18(14)37-23(27,28)29/h2-10,12H,11H2,1H3,(H2,30,36)(H,32,33)/t12-/m1/s1. The van der Waals surface area contributed by atoms with Crippen LogP contribution in [-0.2, 0) is 4.79 Å². The molecule has 8 nitrogen and oxygen atoms in total. The van der Waals surface area contributed by atoms with Crippen molar-refractivity contribution in [3.05, 3.63) is 55.1 Å². The smallest absolute Gasteiger partial charge is 0.405 e. The molecule has 0 unspecified atom stereocenters. The van der Waals surface area contributed by atoms with Gasteiger partial charge in [-0.25, -0.2) is 9.97 Å². The first-order valence-electron chi connectivity index (χ1n) is 10.6. The van der Waals surface area contributed by atoms with Crippen LogP contribution in [0.3, 0.4) is 0 Å². The summed E-state index contributed by atoms with van der Waals surface area (Å²) >= 11 is 0. The molecule has 1 aromatic carbocycles. The number of ether oxygens (including phenoxy) is 1. The van der Waals surface area contributed by atoms with Gasteiger partial charge in [-0.15, -0.1) is 13.2 Å². The fourth-order valence-corrected chi connectivity index (χ4v) is 3.67. The monoisotopic (exact) mass is 524 g/mol. The Kier molecular flexibility index (Phi) is 6.67. The van der Waals surface area contributed by atoms with E-state index >= 15 is 0 Å². The molecule has 0 fully saturated rings. The van der Waals surface area contributed by atoms with Crippen LogP contribution in [0.15, 0.2) is 55.1 Å². The van der Waals surface area contributed by atoms with Gasteiger partial charge in [-0.3, -0.25) is 9.78 Å². The van der Waals surface area contributed by atoms with Crippen LogP contribution in [0.1, 0.15) is 6.92 Å². The molecule has 37 heavy (non-hydrogen) atoms. The first kappa shape index (κ1) is 25.7. The highest BCUT2D eigenvalue weighted by atomic mass is 19.4. The number of aromatic nitrogens is 4. The average molecular weight is 524 g/mol. The molecule has 14 heteroatoms. The first-order chi connectivity index (χ1) is 17.3. The number of alkyl halides is 6. The second-order valence-electron chi connectivity index (χ2n) is 7.95. The van der Waals surface area contributed by atoms with Crippen LogP contribution in [-0.4, -0.2) is 51.0 Å². The molecule has 0 bridgehead atoms. The van der Waals surface area contributed by atoms with E-state index in [1.54, 1.807) is 6.07 Å². The Morgan fingerprint density at radius 3 is 2.51 bits per heavy atom. The number of halogens is 6. The number of carbonyl (C=O) groups excluding carboxylic acids is 1. The van der Waals surface area contributed by atoms with E-state index in [1.807, 2.05) is 0 Å². The van der Waals surface area contributed by atoms with Gasteiger partial charge in [0.25, 0.3) is 0 Å². The molecule has 3 N–H and O–H groups in total. The highest BCUT2D eigenvalue weighted by Gasteiger charge is 2.35. The highest BCUT2D eigenvalue weighted by Crippen LogP contribution is 2.36. The zero-order chi connectivity index (χ0) is 27.0. The molecule has 4 aromatic rings. The molecule has 194 valence electrons.